The highest BCUT2D eigenvalue weighted by atomic mass is 16.5. The van der Waals surface area contributed by atoms with E-state index >= 15 is 0 Å². The summed E-state index contributed by atoms with van der Waals surface area (Å²) in [5.74, 6) is 0.864. The molecular weight excluding hydrogens is 348 g/mol. The Bertz CT molecular complexity index is 853. The lowest BCUT2D eigenvalue weighted by molar-refractivity contribution is -0.116. The van der Waals surface area contributed by atoms with Crippen molar-refractivity contribution in [2.75, 3.05) is 25.5 Å². The van der Waals surface area contributed by atoms with Gasteiger partial charge < -0.3 is 10.1 Å². The fourth-order valence-electron chi connectivity index (χ4n) is 3.54. The maximum absolute atomic E-state index is 12.4. The van der Waals surface area contributed by atoms with Crippen LogP contribution in [0.2, 0.25) is 0 Å². The Morgan fingerprint density at radius 2 is 2.00 bits per heavy atom. The second kappa shape index (κ2) is 9.56. The smallest absolute Gasteiger partial charge is 0.224 e. The first-order valence-electron chi connectivity index (χ1n) is 9.94. The van der Waals surface area contributed by atoms with Gasteiger partial charge in [-0.3, -0.25) is 9.69 Å². The van der Waals surface area contributed by atoms with E-state index in [1.54, 1.807) is 7.11 Å². The van der Waals surface area contributed by atoms with E-state index in [9.17, 15) is 4.79 Å². The number of ether oxygens (including phenoxy) is 1. The Kier molecular flexibility index (Phi) is 6.88. The third-order valence-electron chi connectivity index (χ3n) is 5.15. The summed E-state index contributed by atoms with van der Waals surface area (Å²) in [4.78, 5) is 14.9. The fourth-order valence-corrected chi connectivity index (χ4v) is 3.54. The van der Waals surface area contributed by atoms with Crippen LogP contribution < -0.4 is 10.1 Å². The van der Waals surface area contributed by atoms with E-state index in [0.717, 1.165) is 43.1 Å². The number of allylic oxidation sites excluding steroid dienone is 1. The van der Waals surface area contributed by atoms with Crippen molar-refractivity contribution in [1.29, 1.82) is 0 Å². The van der Waals surface area contributed by atoms with Crippen LogP contribution in [-0.4, -0.2) is 31.0 Å². The third kappa shape index (κ3) is 5.46. The molecule has 0 fully saturated rings. The molecule has 1 aliphatic heterocycles. The molecule has 4 heteroatoms. The molecule has 0 unspecified atom stereocenters. The predicted molar refractivity (Wildman–Crippen MR) is 115 cm³/mol. The van der Waals surface area contributed by atoms with E-state index in [1.807, 2.05) is 30.3 Å². The first-order valence-corrected chi connectivity index (χ1v) is 9.94. The van der Waals surface area contributed by atoms with Gasteiger partial charge in [-0.15, -0.1) is 0 Å². The molecule has 0 saturated heterocycles. The lowest BCUT2D eigenvalue weighted by Gasteiger charge is -2.28. The lowest BCUT2D eigenvalue weighted by atomic mass is 9.99. The zero-order valence-electron chi connectivity index (χ0n) is 17.1. The van der Waals surface area contributed by atoms with E-state index in [0.29, 0.717) is 12.8 Å². The minimum absolute atomic E-state index is 0.0306. The van der Waals surface area contributed by atoms with Gasteiger partial charge in [0.05, 0.1) is 7.11 Å². The summed E-state index contributed by atoms with van der Waals surface area (Å²) in [7, 11) is 1.66. The fraction of sp³-hybridized carbons (Fsp3) is 0.375. The molecule has 0 atom stereocenters. The minimum Gasteiger partial charge on any atom is -0.496 e. The standard InChI is InChI=1S/C24H30N2O2/c1-18(2)12-14-26-15-13-19-8-10-22(16-21(19)17-26)25-24(27)11-9-20-6-4-5-7-23(20)28-3/h4-8,10,12,16H,9,11,13-15,17H2,1-3H3,(H,25,27). The van der Waals surface area contributed by atoms with Crippen LogP contribution in [-0.2, 0) is 24.2 Å². The average molecular weight is 379 g/mol. The Labute approximate surface area is 168 Å². The number of carbonyl (C=O) groups excluding carboxylic acids is 1. The van der Waals surface area contributed by atoms with Crippen molar-refractivity contribution in [2.45, 2.75) is 39.7 Å². The van der Waals surface area contributed by atoms with Crippen LogP contribution in [0.15, 0.2) is 54.1 Å². The summed E-state index contributed by atoms with van der Waals surface area (Å²) in [5, 5.41) is 3.05. The highest BCUT2D eigenvalue weighted by molar-refractivity contribution is 5.91. The largest absolute Gasteiger partial charge is 0.496 e. The topological polar surface area (TPSA) is 41.6 Å². The van der Waals surface area contributed by atoms with Gasteiger partial charge in [0, 0.05) is 31.7 Å². The molecule has 148 valence electrons. The highest BCUT2D eigenvalue weighted by Crippen LogP contribution is 2.23. The molecule has 1 amide bonds. The first-order chi connectivity index (χ1) is 13.5. The number of methoxy groups -OCH3 is 1. The van der Waals surface area contributed by atoms with Crippen LogP contribution in [0.4, 0.5) is 5.69 Å². The van der Waals surface area contributed by atoms with E-state index in [-0.39, 0.29) is 5.91 Å². The van der Waals surface area contributed by atoms with Gasteiger partial charge in [-0.2, -0.15) is 0 Å². The number of aryl methyl sites for hydroxylation is 1. The van der Waals surface area contributed by atoms with Gasteiger partial charge in [-0.25, -0.2) is 0 Å². The summed E-state index contributed by atoms with van der Waals surface area (Å²) in [5.41, 5.74) is 5.99. The number of nitrogens with zero attached hydrogens (tertiary/aromatic N) is 1. The summed E-state index contributed by atoms with van der Waals surface area (Å²) < 4.78 is 5.36. The number of benzene rings is 2. The van der Waals surface area contributed by atoms with E-state index in [4.69, 9.17) is 4.74 Å². The van der Waals surface area contributed by atoms with Gasteiger partial charge in [0.2, 0.25) is 5.91 Å². The normalized spacial score (nSPS) is 13.5. The number of carbonyl (C=O) groups is 1. The van der Waals surface area contributed by atoms with Crippen molar-refractivity contribution in [1.82, 2.24) is 4.90 Å². The van der Waals surface area contributed by atoms with Gasteiger partial charge >= 0.3 is 0 Å². The van der Waals surface area contributed by atoms with Gasteiger partial charge in [0.25, 0.3) is 0 Å². The molecule has 0 bridgehead atoms. The molecule has 0 aliphatic carbocycles. The summed E-state index contributed by atoms with van der Waals surface area (Å²) >= 11 is 0. The molecule has 0 saturated carbocycles. The third-order valence-corrected chi connectivity index (χ3v) is 5.15. The maximum atomic E-state index is 12.4. The molecule has 1 heterocycles. The molecule has 2 aromatic rings. The van der Waals surface area contributed by atoms with Crippen LogP contribution in [0.1, 0.15) is 37.0 Å². The summed E-state index contributed by atoms with van der Waals surface area (Å²) in [6, 6.07) is 14.2. The van der Waals surface area contributed by atoms with Crippen LogP contribution in [0.3, 0.4) is 0 Å². The molecule has 1 N–H and O–H groups in total. The van der Waals surface area contributed by atoms with Crippen molar-refractivity contribution in [3.63, 3.8) is 0 Å². The van der Waals surface area contributed by atoms with Crippen molar-refractivity contribution in [2.24, 2.45) is 0 Å². The van der Waals surface area contributed by atoms with E-state index < -0.39 is 0 Å². The van der Waals surface area contributed by atoms with Crippen molar-refractivity contribution >= 4 is 11.6 Å². The van der Waals surface area contributed by atoms with Crippen molar-refractivity contribution in [3.8, 4) is 5.75 Å². The molecule has 3 rings (SSSR count). The zero-order chi connectivity index (χ0) is 19.9. The van der Waals surface area contributed by atoms with E-state index in [1.165, 1.54) is 16.7 Å². The van der Waals surface area contributed by atoms with Gasteiger partial charge in [0.15, 0.2) is 0 Å². The maximum Gasteiger partial charge on any atom is 0.224 e. The van der Waals surface area contributed by atoms with Crippen LogP contribution in [0.25, 0.3) is 0 Å². The molecule has 0 spiro atoms. The zero-order valence-corrected chi connectivity index (χ0v) is 17.1. The van der Waals surface area contributed by atoms with Gasteiger partial charge in [-0.1, -0.05) is 35.9 Å². The quantitative estimate of drug-likeness (QED) is 0.717. The SMILES string of the molecule is COc1ccccc1CCC(=O)Nc1ccc2c(c1)CN(CC=C(C)C)CC2. The number of para-hydroxylation sites is 1. The molecular formula is C24H30N2O2. The minimum atomic E-state index is 0.0306. The molecule has 4 nitrogen and oxygen atoms in total. The number of hydrogen-bond donors (Lipinski definition) is 1. The van der Waals surface area contributed by atoms with Crippen LogP contribution in [0.5, 0.6) is 5.75 Å². The predicted octanol–water partition coefficient (Wildman–Crippen LogP) is 4.59. The Balaban J connectivity index is 1.58. The molecule has 0 radical (unpaired) electrons. The number of hydrogen-bond acceptors (Lipinski definition) is 3. The second-order valence-electron chi connectivity index (χ2n) is 7.61. The molecule has 1 aliphatic rings. The number of amides is 1. The first kappa shape index (κ1) is 20.2. The molecule has 28 heavy (non-hydrogen) atoms. The molecule has 2 aromatic carbocycles. The highest BCUT2D eigenvalue weighted by Gasteiger charge is 2.16. The lowest BCUT2D eigenvalue weighted by Crippen LogP contribution is -2.30. The number of nitrogens with one attached hydrogen (secondary N) is 1. The Hall–Kier alpha value is -2.59. The number of fused-ring (bicyclic) bond motifs is 1. The van der Waals surface area contributed by atoms with Crippen LogP contribution >= 0.6 is 0 Å². The summed E-state index contributed by atoms with van der Waals surface area (Å²) in [6.45, 7) is 7.27. The van der Waals surface area contributed by atoms with Gasteiger partial charge in [-0.05, 0) is 61.6 Å². The second-order valence-corrected chi connectivity index (χ2v) is 7.61. The Morgan fingerprint density at radius 3 is 2.79 bits per heavy atom. The monoisotopic (exact) mass is 378 g/mol. The molecule has 0 aromatic heterocycles. The van der Waals surface area contributed by atoms with Crippen molar-refractivity contribution in [3.05, 3.63) is 70.8 Å². The number of anilines is 1. The number of rotatable bonds is 7. The van der Waals surface area contributed by atoms with E-state index in [2.05, 4.69) is 42.3 Å². The Morgan fingerprint density at radius 1 is 1.18 bits per heavy atom. The average Bonchev–Trinajstić information content (AvgIpc) is 2.70. The summed E-state index contributed by atoms with van der Waals surface area (Å²) in [6.07, 6.45) is 4.43. The van der Waals surface area contributed by atoms with Gasteiger partial charge in [0.1, 0.15) is 5.75 Å². The van der Waals surface area contributed by atoms with Crippen molar-refractivity contribution < 1.29 is 9.53 Å². The van der Waals surface area contributed by atoms with Crippen LogP contribution in [0, 0.1) is 0 Å².